The summed E-state index contributed by atoms with van der Waals surface area (Å²) < 4.78 is 27.8. The topological polar surface area (TPSA) is 86.8 Å². The van der Waals surface area contributed by atoms with Gasteiger partial charge in [-0.1, -0.05) is 24.3 Å². The molecule has 3 aromatic carbocycles. The fraction of sp³-hybridized carbons (Fsp3) is 0.154. The van der Waals surface area contributed by atoms with Crippen molar-refractivity contribution in [3.8, 4) is 0 Å². The van der Waals surface area contributed by atoms with E-state index in [1.165, 1.54) is 61.5 Å². The third kappa shape index (κ3) is 5.08. The summed E-state index contributed by atoms with van der Waals surface area (Å²) in [6, 6.07) is 15.6. The molecule has 0 aliphatic carbocycles. The molecule has 4 amide bonds. The molecule has 1 atom stereocenters. The number of hydrogen-bond donors (Lipinski definition) is 1. The van der Waals surface area contributed by atoms with Crippen LogP contribution >= 0.6 is 0 Å². The van der Waals surface area contributed by atoms with Crippen molar-refractivity contribution in [3.63, 3.8) is 0 Å². The Hall–Kier alpha value is -4.40. The first-order chi connectivity index (χ1) is 16.7. The van der Waals surface area contributed by atoms with E-state index in [1.807, 2.05) is 0 Å². The molecule has 0 spiro atoms. The minimum absolute atomic E-state index is 0.132. The summed E-state index contributed by atoms with van der Waals surface area (Å²) >= 11 is 0. The maximum Gasteiger partial charge on any atom is 0.257 e. The Morgan fingerprint density at radius 1 is 0.971 bits per heavy atom. The van der Waals surface area contributed by atoms with E-state index < -0.39 is 35.4 Å². The zero-order valence-corrected chi connectivity index (χ0v) is 18.7. The Bertz CT molecular complexity index is 1290. The number of imide groups is 1. The van der Waals surface area contributed by atoms with Crippen LogP contribution in [0.2, 0.25) is 0 Å². The van der Waals surface area contributed by atoms with Crippen molar-refractivity contribution >= 4 is 35.0 Å². The standard InChI is InChI=1S/C26H21F2N3O4/c1-16(32)29-19-10-12-20(13-11-19)31-24(33)14-23(26(31)35)30(15-17-6-8-18(27)9-7-17)25(34)21-4-2-3-5-22(21)28/h2-13,23H,14-15H2,1H3,(H,29,32). The van der Waals surface area contributed by atoms with Gasteiger partial charge in [-0.2, -0.15) is 0 Å². The second kappa shape index (κ2) is 9.84. The Morgan fingerprint density at radius 2 is 1.63 bits per heavy atom. The molecule has 35 heavy (non-hydrogen) atoms. The molecular weight excluding hydrogens is 456 g/mol. The van der Waals surface area contributed by atoms with Crippen LogP contribution in [-0.2, 0) is 20.9 Å². The highest BCUT2D eigenvalue weighted by atomic mass is 19.1. The van der Waals surface area contributed by atoms with Crippen molar-refractivity contribution in [2.24, 2.45) is 0 Å². The third-order valence-electron chi connectivity index (χ3n) is 5.58. The number of nitrogens with one attached hydrogen (secondary N) is 1. The molecule has 0 radical (unpaired) electrons. The summed E-state index contributed by atoms with van der Waals surface area (Å²) in [4.78, 5) is 52.9. The molecular formula is C26H21F2N3O4. The molecule has 4 rings (SSSR count). The molecule has 1 unspecified atom stereocenters. The molecule has 1 aliphatic rings. The third-order valence-corrected chi connectivity index (χ3v) is 5.58. The Labute approximate surface area is 200 Å². The maximum atomic E-state index is 14.4. The highest BCUT2D eigenvalue weighted by molar-refractivity contribution is 6.23. The van der Waals surface area contributed by atoms with Gasteiger partial charge in [-0.3, -0.25) is 19.2 Å². The van der Waals surface area contributed by atoms with Gasteiger partial charge in [0, 0.05) is 19.2 Å². The molecule has 1 fully saturated rings. The summed E-state index contributed by atoms with van der Waals surface area (Å²) in [6.07, 6.45) is -0.298. The Morgan fingerprint density at radius 3 is 2.26 bits per heavy atom. The summed E-state index contributed by atoms with van der Waals surface area (Å²) in [5, 5.41) is 2.60. The van der Waals surface area contributed by atoms with Gasteiger partial charge < -0.3 is 10.2 Å². The first-order valence-corrected chi connectivity index (χ1v) is 10.8. The lowest BCUT2D eigenvalue weighted by molar-refractivity contribution is -0.122. The zero-order valence-electron chi connectivity index (χ0n) is 18.7. The lowest BCUT2D eigenvalue weighted by Crippen LogP contribution is -2.45. The molecule has 1 heterocycles. The van der Waals surface area contributed by atoms with Gasteiger partial charge in [-0.25, -0.2) is 13.7 Å². The first kappa shape index (κ1) is 23.7. The second-order valence-electron chi connectivity index (χ2n) is 8.05. The van der Waals surface area contributed by atoms with Gasteiger partial charge in [0.25, 0.3) is 11.8 Å². The molecule has 1 N–H and O–H groups in total. The van der Waals surface area contributed by atoms with E-state index in [0.717, 1.165) is 15.9 Å². The van der Waals surface area contributed by atoms with Crippen LogP contribution in [0, 0.1) is 11.6 Å². The molecule has 9 heteroatoms. The average Bonchev–Trinajstić information content (AvgIpc) is 3.12. The summed E-state index contributed by atoms with van der Waals surface area (Å²) in [7, 11) is 0. The molecule has 0 aromatic heterocycles. The maximum absolute atomic E-state index is 14.4. The van der Waals surface area contributed by atoms with Gasteiger partial charge in [0.05, 0.1) is 17.7 Å². The number of benzene rings is 3. The molecule has 3 aromatic rings. The van der Waals surface area contributed by atoms with Crippen LogP contribution in [0.15, 0.2) is 72.8 Å². The van der Waals surface area contributed by atoms with Gasteiger partial charge in [-0.15, -0.1) is 0 Å². The Balaban J connectivity index is 1.66. The fourth-order valence-electron chi connectivity index (χ4n) is 3.93. The van der Waals surface area contributed by atoms with Crippen LogP contribution < -0.4 is 10.2 Å². The SMILES string of the molecule is CC(=O)Nc1ccc(N2C(=O)CC(N(Cc3ccc(F)cc3)C(=O)c3ccccc3F)C2=O)cc1. The van der Waals surface area contributed by atoms with Crippen LogP contribution in [-0.4, -0.2) is 34.6 Å². The van der Waals surface area contributed by atoms with Crippen molar-refractivity contribution in [1.29, 1.82) is 0 Å². The number of hydrogen-bond acceptors (Lipinski definition) is 4. The normalized spacial score (nSPS) is 15.3. The van der Waals surface area contributed by atoms with Crippen molar-refractivity contribution in [2.45, 2.75) is 25.9 Å². The predicted molar refractivity (Wildman–Crippen MR) is 124 cm³/mol. The van der Waals surface area contributed by atoms with Crippen LogP contribution in [0.25, 0.3) is 0 Å². The van der Waals surface area contributed by atoms with E-state index in [4.69, 9.17) is 0 Å². The summed E-state index contributed by atoms with van der Waals surface area (Å²) in [5.74, 6) is -3.44. The van der Waals surface area contributed by atoms with E-state index >= 15 is 0 Å². The number of carbonyl (C=O) groups is 4. The minimum Gasteiger partial charge on any atom is -0.326 e. The minimum atomic E-state index is -1.19. The van der Waals surface area contributed by atoms with Gasteiger partial charge in [0.1, 0.15) is 17.7 Å². The van der Waals surface area contributed by atoms with Crippen molar-refractivity contribution in [1.82, 2.24) is 4.90 Å². The monoisotopic (exact) mass is 477 g/mol. The highest BCUT2D eigenvalue weighted by Gasteiger charge is 2.44. The molecule has 1 aliphatic heterocycles. The van der Waals surface area contributed by atoms with E-state index in [1.54, 1.807) is 12.1 Å². The van der Waals surface area contributed by atoms with Gasteiger partial charge in [0.15, 0.2) is 0 Å². The number of carbonyl (C=O) groups excluding carboxylic acids is 4. The van der Waals surface area contributed by atoms with Gasteiger partial charge in [-0.05, 0) is 54.1 Å². The highest BCUT2D eigenvalue weighted by Crippen LogP contribution is 2.29. The van der Waals surface area contributed by atoms with E-state index in [9.17, 15) is 28.0 Å². The quantitative estimate of drug-likeness (QED) is 0.546. The second-order valence-corrected chi connectivity index (χ2v) is 8.05. The number of nitrogens with zero attached hydrogens (tertiary/aromatic N) is 2. The smallest absolute Gasteiger partial charge is 0.257 e. The van der Waals surface area contributed by atoms with Crippen molar-refractivity contribution in [2.75, 3.05) is 10.2 Å². The van der Waals surface area contributed by atoms with Gasteiger partial charge in [0.2, 0.25) is 11.8 Å². The van der Waals surface area contributed by atoms with Crippen LogP contribution in [0.5, 0.6) is 0 Å². The summed E-state index contributed by atoms with van der Waals surface area (Å²) in [6.45, 7) is 1.22. The molecule has 7 nitrogen and oxygen atoms in total. The molecule has 178 valence electrons. The molecule has 0 bridgehead atoms. The van der Waals surface area contributed by atoms with Crippen molar-refractivity contribution < 1.29 is 28.0 Å². The lowest BCUT2D eigenvalue weighted by atomic mass is 10.1. The van der Waals surface area contributed by atoms with E-state index in [2.05, 4.69) is 5.32 Å². The Kier molecular flexibility index (Phi) is 6.68. The van der Waals surface area contributed by atoms with Crippen LogP contribution in [0.3, 0.4) is 0 Å². The largest absolute Gasteiger partial charge is 0.326 e. The van der Waals surface area contributed by atoms with Crippen molar-refractivity contribution in [3.05, 3.63) is 95.6 Å². The van der Waals surface area contributed by atoms with E-state index in [0.29, 0.717) is 11.3 Å². The number of rotatable bonds is 6. The molecule has 0 saturated carbocycles. The van der Waals surface area contributed by atoms with Crippen LogP contribution in [0.1, 0.15) is 29.3 Å². The number of anilines is 2. The zero-order chi connectivity index (χ0) is 25.1. The van der Waals surface area contributed by atoms with Crippen LogP contribution in [0.4, 0.5) is 20.2 Å². The molecule has 1 saturated heterocycles. The average molecular weight is 477 g/mol. The lowest BCUT2D eigenvalue weighted by Gasteiger charge is -2.28. The van der Waals surface area contributed by atoms with E-state index in [-0.39, 0.29) is 30.1 Å². The predicted octanol–water partition coefficient (Wildman–Crippen LogP) is 3.90. The first-order valence-electron chi connectivity index (χ1n) is 10.8. The fourth-order valence-corrected chi connectivity index (χ4v) is 3.93. The number of amides is 4. The van der Waals surface area contributed by atoms with Gasteiger partial charge >= 0.3 is 0 Å². The number of halogens is 2. The summed E-state index contributed by atoms with van der Waals surface area (Å²) in [5.41, 5.74) is 1.03.